The number of carbonyl (C=O) groups is 1. The van der Waals surface area contributed by atoms with Crippen LogP contribution in [0.25, 0.3) is 0 Å². The van der Waals surface area contributed by atoms with Gasteiger partial charge in [-0.25, -0.2) is 0 Å². The van der Waals surface area contributed by atoms with Crippen LogP contribution in [0, 0.1) is 11.3 Å². The maximum Gasteiger partial charge on any atom is 0.277 e. The van der Waals surface area contributed by atoms with Gasteiger partial charge >= 0.3 is 0 Å². The van der Waals surface area contributed by atoms with Gasteiger partial charge in [0.1, 0.15) is 11.1 Å². The summed E-state index contributed by atoms with van der Waals surface area (Å²) in [6.45, 7) is 1.83. The number of aromatic nitrogens is 2. The molecule has 0 spiro atoms. The summed E-state index contributed by atoms with van der Waals surface area (Å²) in [7, 11) is 0. The SMILES string of the molecule is CC(Sc1nnc(C2CCCCC2)o1)C(=O)Nc1sc2c(c1C#N)CCCCC2. The van der Waals surface area contributed by atoms with Gasteiger partial charge in [-0.1, -0.05) is 37.4 Å². The first kappa shape index (κ1) is 20.4. The molecule has 1 fully saturated rings. The van der Waals surface area contributed by atoms with Crippen molar-refractivity contribution in [1.82, 2.24) is 10.2 Å². The minimum Gasteiger partial charge on any atom is -0.416 e. The quantitative estimate of drug-likeness (QED) is 0.502. The Balaban J connectivity index is 1.40. The van der Waals surface area contributed by atoms with Crippen LogP contribution in [-0.4, -0.2) is 21.4 Å². The Morgan fingerprint density at radius 2 is 1.97 bits per heavy atom. The summed E-state index contributed by atoms with van der Waals surface area (Å²) in [6, 6.07) is 2.31. The highest BCUT2D eigenvalue weighted by molar-refractivity contribution is 8.00. The van der Waals surface area contributed by atoms with Gasteiger partial charge in [0.05, 0.1) is 10.8 Å². The third-order valence-electron chi connectivity index (χ3n) is 5.79. The number of thioether (sulfide) groups is 1. The number of hydrogen-bond acceptors (Lipinski definition) is 7. The van der Waals surface area contributed by atoms with Crippen molar-refractivity contribution in [2.75, 3.05) is 5.32 Å². The molecule has 1 amide bonds. The van der Waals surface area contributed by atoms with Crippen LogP contribution in [0.2, 0.25) is 0 Å². The van der Waals surface area contributed by atoms with Crippen molar-refractivity contribution in [3.8, 4) is 6.07 Å². The smallest absolute Gasteiger partial charge is 0.277 e. The number of nitrogens with zero attached hydrogens (tertiary/aromatic N) is 3. The zero-order valence-corrected chi connectivity index (χ0v) is 18.3. The van der Waals surface area contributed by atoms with Gasteiger partial charge in [0, 0.05) is 10.8 Å². The van der Waals surface area contributed by atoms with Crippen LogP contribution in [0.15, 0.2) is 9.64 Å². The molecule has 0 bridgehead atoms. The number of nitriles is 1. The molecule has 2 aromatic rings. The number of nitrogens with one attached hydrogen (secondary N) is 1. The van der Waals surface area contributed by atoms with E-state index >= 15 is 0 Å². The van der Waals surface area contributed by atoms with Crippen molar-refractivity contribution in [1.29, 1.82) is 5.26 Å². The van der Waals surface area contributed by atoms with Crippen molar-refractivity contribution in [3.63, 3.8) is 0 Å². The average molecular weight is 431 g/mol. The molecule has 8 heteroatoms. The maximum atomic E-state index is 12.7. The minimum atomic E-state index is -0.386. The molecule has 29 heavy (non-hydrogen) atoms. The highest BCUT2D eigenvalue weighted by atomic mass is 32.2. The van der Waals surface area contributed by atoms with Gasteiger partial charge in [-0.15, -0.1) is 21.5 Å². The third kappa shape index (κ3) is 4.67. The molecule has 2 aliphatic rings. The van der Waals surface area contributed by atoms with Gasteiger partial charge in [-0.05, 0) is 51.0 Å². The van der Waals surface area contributed by atoms with Crippen LogP contribution in [0.5, 0.6) is 0 Å². The lowest BCUT2D eigenvalue weighted by Gasteiger charge is -2.17. The number of fused-ring (bicyclic) bond motifs is 1. The summed E-state index contributed by atoms with van der Waals surface area (Å²) < 4.78 is 5.83. The van der Waals surface area contributed by atoms with Crippen molar-refractivity contribution < 1.29 is 9.21 Å². The monoisotopic (exact) mass is 430 g/mol. The van der Waals surface area contributed by atoms with Gasteiger partial charge in [0.25, 0.3) is 5.22 Å². The van der Waals surface area contributed by atoms with E-state index in [-0.39, 0.29) is 11.2 Å². The van der Waals surface area contributed by atoms with Gasteiger partial charge in [-0.2, -0.15) is 5.26 Å². The molecule has 6 nitrogen and oxygen atoms in total. The fraction of sp³-hybridized carbons (Fsp3) is 0.619. The van der Waals surface area contributed by atoms with Crippen LogP contribution in [0.1, 0.15) is 86.1 Å². The Morgan fingerprint density at radius 3 is 2.76 bits per heavy atom. The van der Waals surface area contributed by atoms with Gasteiger partial charge in [0.15, 0.2) is 0 Å². The second kappa shape index (κ2) is 9.31. The first-order chi connectivity index (χ1) is 14.2. The number of anilines is 1. The average Bonchev–Trinajstić information content (AvgIpc) is 3.25. The van der Waals surface area contributed by atoms with Gasteiger partial charge in [0.2, 0.25) is 11.8 Å². The number of hydrogen-bond donors (Lipinski definition) is 1. The predicted octanol–water partition coefficient (Wildman–Crippen LogP) is 5.44. The van der Waals surface area contributed by atoms with E-state index in [0.717, 1.165) is 44.1 Å². The zero-order valence-electron chi connectivity index (χ0n) is 16.7. The van der Waals surface area contributed by atoms with E-state index < -0.39 is 0 Å². The van der Waals surface area contributed by atoms with E-state index in [9.17, 15) is 10.1 Å². The lowest BCUT2D eigenvalue weighted by Crippen LogP contribution is -2.22. The Morgan fingerprint density at radius 1 is 1.21 bits per heavy atom. The third-order valence-corrected chi connectivity index (χ3v) is 7.93. The van der Waals surface area contributed by atoms with Crippen LogP contribution >= 0.6 is 23.1 Å². The van der Waals surface area contributed by atoms with Crippen LogP contribution in [0.3, 0.4) is 0 Å². The van der Waals surface area contributed by atoms with Gasteiger partial charge in [-0.3, -0.25) is 4.79 Å². The largest absolute Gasteiger partial charge is 0.416 e. The number of aryl methyl sites for hydroxylation is 1. The van der Waals surface area contributed by atoms with Crippen LogP contribution in [0.4, 0.5) is 5.00 Å². The van der Waals surface area contributed by atoms with Crippen LogP contribution < -0.4 is 5.32 Å². The fourth-order valence-electron chi connectivity index (χ4n) is 4.15. The molecular formula is C21H26N4O2S2. The second-order valence-electron chi connectivity index (χ2n) is 7.87. The molecule has 4 rings (SSSR count). The van der Waals surface area contributed by atoms with Crippen molar-refractivity contribution in [2.45, 2.75) is 87.5 Å². The van der Waals surface area contributed by atoms with E-state index in [1.807, 2.05) is 6.92 Å². The molecule has 1 atom stereocenters. The number of rotatable bonds is 5. The normalized spacial score (nSPS) is 18.5. The molecule has 1 unspecified atom stereocenters. The molecule has 1 N–H and O–H groups in total. The molecular weight excluding hydrogens is 404 g/mol. The molecule has 0 aromatic carbocycles. The summed E-state index contributed by atoms with van der Waals surface area (Å²) in [5.41, 5.74) is 1.79. The standard InChI is InChI=1S/C21H26N4O2S2/c1-13(28-21-25-24-19(27-21)14-8-4-2-5-9-14)18(26)23-20-16(12-22)15-10-6-3-7-11-17(15)29-20/h13-14H,2-11H2,1H3,(H,23,26). The van der Waals surface area contributed by atoms with Crippen LogP contribution in [-0.2, 0) is 17.6 Å². The summed E-state index contributed by atoms with van der Waals surface area (Å²) in [5.74, 6) is 0.920. The second-order valence-corrected chi connectivity index (χ2v) is 10.3. The molecule has 0 radical (unpaired) electrons. The van der Waals surface area contributed by atoms with Crippen molar-refractivity contribution >= 4 is 34.0 Å². The zero-order chi connectivity index (χ0) is 20.2. The Hall–Kier alpha value is -1.85. The summed E-state index contributed by atoms with van der Waals surface area (Å²) in [5, 5.41) is 21.7. The molecule has 0 aliphatic heterocycles. The summed E-state index contributed by atoms with van der Waals surface area (Å²) in [6.07, 6.45) is 11.3. The minimum absolute atomic E-state index is 0.139. The Labute approximate surface area is 179 Å². The summed E-state index contributed by atoms with van der Waals surface area (Å²) >= 11 is 2.84. The number of thiophene rings is 1. The molecule has 154 valence electrons. The highest BCUT2D eigenvalue weighted by Gasteiger charge is 2.26. The van der Waals surface area contributed by atoms with E-state index in [1.54, 1.807) is 11.3 Å². The molecule has 1 saturated carbocycles. The number of amides is 1. The Bertz CT molecular complexity index is 908. The molecule has 0 saturated heterocycles. The topological polar surface area (TPSA) is 91.8 Å². The Kier molecular flexibility index (Phi) is 6.56. The first-order valence-corrected chi connectivity index (χ1v) is 12.2. The molecule has 2 aromatic heterocycles. The lowest BCUT2D eigenvalue weighted by atomic mass is 9.89. The van der Waals surface area contributed by atoms with E-state index in [0.29, 0.717) is 27.6 Å². The lowest BCUT2D eigenvalue weighted by molar-refractivity contribution is -0.115. The maximum absolute atomic E-state index is 12.7. The van der Waals surface area contributed by atoms with Gasteiger partial charge < -0.3 is 9.73 Å². The van der Waals surface area contributed by atoms with E-state index in [4.69, 9.17) is 4.42 Å². The van der Waals surface area contributed by atoms with Crippen molar-refractivity contribution in [2.24, 2.45) is 0 Å². The molecule has 2 heterocycles. The van der Waals surface area contributed by atoms with E-state index in [2.05, 4.69) is 21.6 Å². The number of carbonyl (C=O) groups excluding carboxylic acids is 1. The summed E-state index contributed by atoms with van der Waals surface area (Å²) in [4.78, 5) is 14.0. The highest BCUT2D eigenvalue weighted by Crippen LogP contribution is 2.38. The van der Waals surface area contributed by atoms with E-state index in [1.165, 1.54) is 42.3 Å². The van der Waals surface area contributed by atoms with Crippen molar-refractivity contribution in [3.05, 3.63) is 21.9 Å². The molecule has 2 aliphatic carbocycles. The first-order valence-electron chi connectivity index (χ1n) is 10.5. The predicted molar refractivity (Wildman–Crippen MR) is 114 cm³/mol. The fourth-order valence-corrected chi connectivity index (χ4v) is 6.08.